The largest absolute Gasteiger partial charge is 0.299 e. The molecule has 0 heterocycles. The lowest BCUT2D eigenvalue weighted by atomic mass is 9.67. The molecule has 19 heavy (non-hydrogen) atoms. The first kappa shape index (κ1) is 11.8. The second-order valence-electron chi connectivity index (χ2n) is 6.63. The summed E-state index contributed by atoms with van der Waals surface area (Å²) >= 11 is 5.91. The molecule has 3 nitrogen and oxygen atoms in total. The summed E-state index contributed by atoms with van der Waals surface area (Å²) < 4.78 is 0. The highest BCUT2D eigenvalue weighted by Crippen LogP contribution is 2.54. The summed E-state index contributed by atoms with van der Waals surface area (Å²) in [7, 11) is 0. The number of fused-ring (bicyclic) bond motifs is 1. The molecule has 0 aliphatic heterocycles. The molecule has 1 aromatic rings. The molecule has 4 aliphatic rings. The Balaban J connectivity index is 1.82. The van der Waals surface area contributed by atoms with E-state index < -0.39 is 10.9 Å². The van der Waals surface area contributed by atoms with Gasteiger partial charge < -0.3 is 0 Å². The zero-order valence-electron chi connectivity index (χ0n) is 10.5. The van der Waals surface area contributed by atoms with Crippen molar-refractivity contribution in [2.24, 2.45) is 23.7 Å². The van der Waals surface area contributed by atoms with Crippen molar-refractivity contribution < 1.29 is 4.79 Å². The summed E-state index contributed by atoms with van der Waals surface area (Å²) in [5.41, 5.74) is -0.770. The molecule has 0 amide bonds. The molecular weight excluding hydrogens is 264 g/mol. The van der Waals surface area contributed by atoms with Crippen molar-refractivity contribution in [3.63, 3.8) is 0 Å². The Morgan fingerprint density at radius 1 is 0.842 bits per heavy atom. The predicted octanol–water partition coefficient (Wildman–Crippen LogP) is 2.04. The van der Waals surface area contributed by atoms with Crippen molar-refractivity contribution >= 4 is 17.4 Å². The van der Waals surface area contributed by atoms with Crippen LogP contribution < -0.4 is 10.9 Å². The normalized spacial score (nSPS) is 40.9. The fourth-order valence-corrected chi connectivity index (χ4v) is 5.22. The van der Waals surface area contributed by atoms with Crippen LogP contribution in [0.2, 0.25) is 5.02 Å². The molecule has 4 heteroatoms. The van der Waals surface area contributed by atoms with E-state index in [0.29, 0.717) is 17.4 Å². The highest BCUT2D eigenvalue weighted by molar-refractivity contribution is 6.32. The van der Waals surface area contributed by atoms with Gasteiger partial charge in [-0.3, -0.25) is 14.4 Å². The lowest BCUT2D eigenvalue weighted by Crippen LogP contribution is -2.41. The monoisotopic (exact) mass is 278 g/mol. The molecule has 0 spiro atoms. The quantitative estimate of drug-likeness (QED) is 0.739. The number of carbonyl (C=O) groups is 1. The van der Waals surface area contributed by atoms with Crippen LogP contribution in [-0.4, -0.2) is 5.78 Å². The first-order valence-corrected chi connectivity index (χ1v) is 7.46. The number of Topliss-reactive ketones (excluding diaryl/α,β-unsaturated/α-hetero) is 1. The Bertz CT molecular complexity index is 626. The van der Waals surface area contributed by atoms with E-state index >= 15 is 0 Å². The second-order valence-corrected chi connectivity index (χ2v) is 7.01. The van der Waals surface area contributed by atoms with Crippen LogP contribution in [0.3, 0.4) is 0 Å². The van der Waals surface area contributed by atoms with Crippen LogP contribution in [0.25, 0.3) is 0 Å². The minimum absolute atomic E-state index is 0.0320. The van der Waals surface area contributed by atoms with Crippen molar-refractivity contribution in [2.45, 2.75) is 38.0 Å². The van der Waals surface area contributed by atoms with E-state index in [1.165, 1.54) is 6.42 Å². The summed E-state index contributed by atoms with van der Waals surface area (Å²) in [4.78, 5) is 35.8. The first-order chi connectivity index (χ1) is 9.06. The molecule has 4 bridgehead atoms. The maximum Gasteiger partial charge on any atom is 0.245 e. The summed E-state index contributed by atoms with van der Waals surface area (Å²) in [5.74, 6) is 1.43. The molecule has 3 unspecified atom stereocenters. The molecule has 0 radical (unpaired) electrons. The van der Waals surface area contributed by atoms with Gasteiger partial charge in [0.15, 0.2) is 0 Å². The van der Waals surface area contributed by atoms with Gasteiger partial charge in [0.2, 0.25) is 10.9 Å². The van der Waals surface area contributed by atoms with Crippen LogP contribution in [0.15, 0.2) is 9.59 Å². The maximum atomic E-state index is 12.7. The van der Waals surface area contributed by atoms with Crippen molar-refractivity contribution in [3.05, 3.63) is 31.0 Å². The number of hydrogen-bond acceptors (Lipinski definition) is 3. The topological polar surface area (TPSA) is 51.2 Å². The van der Waals surface area contributed by atoms with Crippen molar-refractivity contribution in [3.8, 4) is 0 Å². The molecular formula is C15H15ClO3. The van der Waals surface area contributed by atoms with Crippen molar-refractivity contribution in [1.82, 2.24) is 0 Å². The van der Waals surface area contributed by atoms with Crippen LogP contribution in [0.5, 0.6) is 0 Å². The minimum atomic E-state index is -0.603. The van der Waals surface area contributed by atoms with Gasteiger partial charge in [0.25, 0.3) is 0 Å². The Labute approximate surface area is 115 Å². The fourth-order valence-electron chi connectivity index (χ4n) is 4.93. The molecule has 100 valence electrons. The highest BCUT2D eigenvalue weighted by Gasteiger charge is 2.50. The minimum Gasteiger partial charge on any atom is -0.299 e. The lowest BCUT2D eigenvalue weighted by Gasteiger charge is -2.38. The zero-order valence-corrected chi connectivity index (χ0v) is 11.3. The standard InChI is InChI=1S/C15H15ClO3/c16-12-11(14(18)15(12)19)10-8-2-6-1-7(3-8)5-9(4-6)13(10)17/h6-10H,1-5H2. The van der Waals surface area contributed by atoms with Crippen molar-refractivity contribution in [2.75, 3.05) is 0 Å². The third-order valence-electron chi connectivity index (χ3n) is 5.55. The third kappa shape index (κ3) is 1.48. The van der Waals surface area contributed by atoms with Gasteiger partial charge in [0, 0.05) is 11.5 Å². The second kappa shape index (κ2) is 3.78. The molecule has 5 rings (SSSR count). The van der Waals surface area contributed by atoms with E-state index in [0.717, 1.165) is 25.7 Å². The molecule has 3 atom stereocenters. The van der Waals surface area contributed by atoms with E-state index in [4.69, 9.17) is 11.6 Å². The van der Waals surface area contributed by atoms with Gasteiger partial charge in [0.05, 0.1) is 5.92 Å². The summed E-state index contributed by atoms with van der Waals surface area (Å²) in [5, 5.41) is 0.0320. The zero-order chi connectivity index (χ0) is 13.3. The summed E-state index contributed by atoms with van der Waals surface area (Å²) in [6, 6.07) is 0. The number of halogens is 1. The van der Waals surface area contributed by atoms with Gasteiger partial charge in [-0.25, -0.2) is 0 Å². The Kier molecular flexibility index (Phi) is 2.36. The van der Waals surface area contributed by atoms with Crippen LogP contribution in [0.1, 0.15) is 43.6 Å². The molecule has 4 saturated carbocycles. The number of rotatable bonds is 1. The first-order valence-electron chi connectivity index (χ1n) is 7.08. The number of hydrogen-bond donors (Lipinski definition) is 0. The molecule has 4 aliphatic carbocycles. The van der Waals surface area contributed by atoms with Gasteiger partial charge in [-0.05, 0) is 49.9 Å². The number of carbonyl (C=O) groups excluding carboxylic acids is 1. The maximum absolute atomic E-state index is 12.7. The van der Waals surface area contributed by atoms with E-state index in [1.54, 1.807) is 0 Å². The van der Waals surface area contributed by atoms with Gasteiger partial charge >= 0.3 is 0 Å². The predicted molar refractivity (Wildman–Crippen MR) is 71.2 cm³/mol. The third-order valence-corrected chi connectivity index (χ3v) is 5.93. The van der Waals surface area contributed by atoms with Crippen molar-refractivity contribution in [1.29, 1.82) is 0 Å². The average molecular weight is 279 g/mol. The van der Waals surface area contributed by atoms with Crippen LogP contribution in [0, 0.1) is 23.7 Å². The van der Waals surface area contributed by atoms with Gasteiger partial charge in [-0.2, -0.15) is 0 Å². The Morgan fingerprint density at radius 3 is 2.05 bits per heavy atom. The highest BCUT2D eigenvalue weighted by atomic mass is 35.5. The average Bonchev–Trinajstić information content (AvgIpc) is 2.54. The van der Waals surface area contributed by atoms with Crippen LogP contribution >= 0.6 is 11.6 Å². The molecule has 0 N–H and O–H groups in total. The summed E-state index contributed by atoms with van der Waals surface area (Å²) in [6.45, 7) is 0. The lowest BCUT2D eigenvalue weighted by molar-refractivity contribution is -0.125. The van der Waals surface area contributed by atoms with Gasteiger partial charge in [-0.15, -0.1) is 0 Å². The van der Waals surface area contributed by atoms with E-state index in [9.17, 15) is 14.4 Å². The molecule has 4 fully saturated rings. The van der Waals surface area contributed by atoms with E-state index in [1.807, 2.05) is 0 Å². The Morgan fingerprint density at radius 2 is 1.47 bits per heavy atom. The van der Waals surface area contributed by atoms with Crippen LogP contribution in [-0.2, 0) is 4.79 Å². The molecule has 0 aromatic heterocycles. The Hall–Kier alpha value is -0.960. The smallest absolute Gasteiger partial charge is 0.245 e. The van der Waals surface area contributed by atoms with Gasteiger partial charge in [0.1, 0.15) is 10.8 Å². The molecule has 1 aromatic carbocycles. The number of ketones is 1. The van der Waals surface area contributed by atoms with E-state index in [2.05, 4.69) is 0 Å². The van der Waals surface area contributed by atoms with Crippen LogP contribution in [0.4, 0.5) is 0 Å². The van der Waals surface area contributed by atoms with Gasteiger partial charge in [-0.1, -0.05) is 11.6 Å². The van der Waals surface area contributed by atoms with E-state index in [-0.39, 0.29) is 28.6 Å². The SMILES string of the molecule is O=C1C2CC3CC(C2)CC(C3)C1c1c(Cl)c(=O)c1=O. The molecule has 0 saturated heterocycles. The summed E-state index contributed by atoms with van der Waals surface area (Å²) in [6.07, 6.45) is 5.26. The fraction of sp³-hybridized carbons (Fsp3) is 0.667.